The summed E-state index contributed by atoms with van der Waals surface area (Å²) in [5.74, 6) is 0. The lowest BCUT2D eigenvalue weighted by Crippen LogP contribution is -2.56. The quantitative estimate of drug-likeness (QED) is 0.429. The Morgan fingerprint density at radius 2 is 1.11 bits per heavy atom. The molecular weight excluding hydrogens is 388 g/mol. The van der Waals surface area contributed by atoms with Crippen LogP contribution in [0, 0.1) is 0 Å². The summed E-state index contributed by atoms with van der Waals surface area (Å²) in [5, 5.41) is -0.552. The maximum absolute atomic E-state index is 12.0. The van der Waals surface area contributed by atoms with Crippen LogP contribution in [0.5, 0.6) is 0 Å². The topological polar surface area (TPSA) is 54.0 Å². The molecule has 28 heavy (non-hydrogen) atoms. The van der Waals surface area contributed by atoms with Crippen molar-refractivity contribution in [2.75, 3.05) is 6.61 Å². The van der Waals surface area contributed by atoms with E-state index in [-0.39, 0.29) is 26.3 Å². The molecule has 0 unspecified atom stereocenters. The van der Waals surface area contributed by atoms with Crippen molar-refractivity contribution in [2.45, 2.75) is 122 Å². The van der Waals surface area contributed by atoms with Gasteiger partial charge < -0.3 is 22.5 Å². The van der Waals surface area contributed by atoms with Crippen LogP contribution in [0.15, 0.2) is 0 Å². The van der Waals surface area contributed by atoms with Gasteiger partial charge in [-0.2, -0.15) is 0 Å². The van der Waals surface area contributed by atoms with Crippen LogP contribution in [0.1, 0.15) is 83.1 Å². The van der Waals surface area contributed by atoms with E-state index in [9.17, 15) is 4.79 Å². The molecule has 0 bridgehead atoms. The van der Waals surface area contributed by atoms with Crippen LogP contribution in [0.25, 0.3) is 0 Å². The highest BCUT2D eigenvalue weighted by atomic mass is 28.4. The monoisotopic (exact) mass is 430 g/mol. The van der Waals surface area contributed by atoms with Crippen LogP contribution in [0.2, 0.25) is 20.2 Å². The lowest BCUT2D eigenvalue weighted by molar-refractivity contribution is -0.116. The van der Waals surface area contributed by atoms with E-state index in [1.54, 1.807) is 0 Å². The normalized spacial score (nSPS) is 31.2. The second-order valence-electron chi connectivity index (χ2n) is 12.5. The first-order valence-corrected chi connectivity index (χ1v) is 14.1. The summed E-state index contributed by atoms with van der Waals surface area (Å²) in [6.45, 7) is 26.6. The molecule has 2 fully saturated rings. The first-order chi connectivity index (χ1) is 12.3. The van der Waals surface area contributed by atoms with Crippen LogP contribution in [-0.2, 0) is 22.5 Å². The van der Waals surface area contributed by atoms with Gasteiger partial charge in [-0.3, -0.25) is 0 Å². The standard InChI is InChI=1S/C21H42O5Si2/c1-18(2,3)27(19(4,5)6)23-14-16(25-27)17-15(13-22)24-28(26-17,20(7,8)9)21(10,11)12/h13,15-17H,14H2,1-12H3/t15-,16+,17+/m0/s1. The molecule has 164 valence electrons. The van der Waals surface area contributed by atoms with Crippen LogP contribution in [0.3, 0.4) is 0 Å². The maximum atomic E-state index is 12.0. The van der Waals surface area contributed by atoms with E-state index in [4.69, 9.17) is 17.7 Å². The summed E-state index contributed by atoms with van der Waals surface area (Å²) in [7, 11) is -5.32. The van der Waals surface area contributed by atoms with Gasteiger partial charge in [0.25, 0.3) is 0 Å². The highest BCUT2D eigenvalue weighted by Gasteiger charge is 2.69. The molecule has 0 saturated carbocycles. The van der Waals surface area contributed by atoms with Crippen molar-refractivity contribution in [3.63, 3.8) is 0 Å². The number of hydrogen-bond acceptors (Lipinski definition) is 5. The Balaban J connectivity index is 2.42. The summed E-state index contributed by atoms with van der Waals surface area (Å²) in [6, 6.07) is 0. The third-order valence-electron chi connectivity index (χ3n) is 6.15. The maximum Gasteiger partial charge on any atom is 0.350 e. The Bertz CT molecular complexity index is 564. The Kier molecular flexibility index (Phi) is 6.04. The Morgan fingerprint density at radius 3 is 1.43 bits per heavy atom. The molecular formula is C21H42O5Si2. The zero-order valence-electron chi connectivity index (χ0n) is 20.1. The fourth-order valence-corrected chi connectivity index (χ4v) is 15.2. The summed E-state index contributed by atoms with van der Waals surface area (Å²) in [4.78, 5) is 12.0. The van der Waals surface area contributed by atoms with Gasteiger partial charge in [0.15, 0.2) is 0 Å². The lowest BCUT2D eigenvalue weighted by atomic mass is 10.1. The van der Waals surface area contributed by atoms with Gasteiger partial charge >= 0.3 is 17.1 Å². The molecule has 5 nitrogen and oxygen atoms in total. The number of aldehydes is 1. The third-order valence-corrected chi connectivity index (χ3v) is 16.5. The molecule has 7 heteroatoms. The zero-order chi connectivity index (χ0) is 22.0. The van der Waals surface area contributed by atoms with E-state index in [0.29, 0.717) is 6.61 Å². The first-order valence-electron chi connectivity index (χ1n) is 10.5. The Labute approximate surface area is 174 Å². The van der Waals surface area contributed by atoms with Crippen molar-refractivity contribution >= 4 is 23.4 Å². The SMILES string of the molecule is CC(C)(C)[Si]1(C(C)(C)C)O[C@@H]([C@H]2CO[Si](C(C)(C)C)(C(C)(C)C)O2)[C@H](C=O)O1. The molecule has 3 atom stereocenters. The van der Waals surface area contributed by atoms with Gasteiger partial charge in [-0.05, 0) is 0 Å². The van der Waals surface area contributed by atoms with Crippen molar-refractivity contribution in [3.05, 3.63) is 0 Å². The van der Waals surface area contributed by atoms with Crippen molar-refractivity contribution < 1.29 is 22.5 Å². The summed E-state index contributed by atoms with van der Waals surface area (Å²) in [5.41, 5.74) is 0. The van der Waals surface area contributed by atoms with Gasteiger partial charge in [-0.15, -0.1) is 0 Å². The van der Waals surface area contributed by atoms with Gasteiger partial charge in [0.1, 0.15) is 18.5 Å². The largest absolute Gasteiger partial charge is 0.391 e. The van der Waals surface area contributed by atoms with Crippen LogP contribution in [0.4, 0.5) is 0 Å². The molecule has 0 aromatic carbocycles. The number of hydrogen-bond donors (Lipinski definition) is 0. The van der Waals surface area contributed by atoms with Crippen LogP contribution < -0.4 is 0 Å². The van der Waals surface area contributed by atoms with Crippen molar-refractivity contribution in [2.24, 2.45) is 0 Å². The molecule has 0 aromatic heterocycles. The van der Waals surface area contributed by atoms with E-state index in [1.165, 1.54) is 0 Å². The van der Waals surface area contributed by atoms with Crippen molar-refractivity contribution in [3.8, 4) is 0 Å². The minimum absolute atomic E-state index is 0.0985. The van der Waals surface area contributed by atoms with Gasteiger partial charge in [0.05, 0.1) is 12.7 Å². The zero-order valence-corrected chi connectivity index (χ0v) is 22.1. The van der Waals surface area contributed by atoms with Crippen molar-refractivity contribution in [1.82, 2.24) is 0 Å². The van der Waals surface area contributed by atoms with Crippen LogP contribution >= 0.6 is 0 Å². The minimum atomic E-state index is -2.74. The van der Waals surface area contributed by atoms with Gasteiger partial charge in [-0.25, -0.2) is 0 Å². The molecule has 0 amide bonds. The predicted octanol–water partition coefficient (Wildman–Crippen LogP) is 5.47. The lowest BCUT2D eigenvalue weighted by Gasteiger charge is -2.46. The molecule has 0 aliphatic carbocycles. The molecule has 0 radical (unpaired) electrons. The Morgan fingerprint density at radius 1 is 0.679 bits per heavy atom. The summed E-state index contributed by atoms with van der Waals surface area (Å²) >= 11 is 0. The average Bonchev–Trinajstić information content (AvgIpc) is 3.07. The van der Waals surface area contributed by atoms with Crippen LogP contribution in [-0.4, -0.2) is 48.3 Å². The molecule has 2 aliphatic heterocycles. The summed E-state index contributed by atoms with van der Waals surface area (Å²) in [6.07, 6.45) is -0.403. The predicted molar refractivity (Wildman–Crippen MR) is 117 cm³/mol. The van der Waals surface area contributed by atoms with E-state index in [2.05, 4.69) is 83.1 Å². The minimum Gasteiger partial charge on any atom is -0.391 e. The smallest absolute Gasteiger partial charge is 0.350 e. The highest BCUT2D eigenvalue weighted by molar-refractivity contribution is 6.74. The second-order valence-corrected chi connectivity index (χ2v) is 22.0. The average molecular weight is 431 g/mol. The molecule has 0 spiro atoms. The van der Waals surface area contributed by atoms with Crippen molar-refractivity contribution in [1.29, 1.82) is 0 Å². The summed E-state index contributed by atoms with van der Waals surface area (Å²) < 4.78 is 26.6. The van der Waals surface area contributed by atoms with E-state index in [1.807, 2.05) is 0 Å². The highest BCUT2D eigenvalue weighted by Crippen LogP contribution is 2.59. The number of rotatable bonds is 2. The van der Waals surface area contributed by atoms with Gasteiger partial charge in [0, 0.05) is 20.2 Å². The molecule has 0 aromatic rings. The molecule has 2 saturated heterocycles. The number of carbonyl (C=O) groups excluding carboxylic acids is 1. The Hall–Kier alpha value is -0.0562. The van der Waals surface area contributed by atoms with E-state index in [0.717, 1.165) is 6.29 Å². The molecule has 2 aliphatic rings. The molecule has 0 N–H and O–H groups in total. The molecule has 2 rings (SSSR count). The number of carbonyl (C=O) groups is 1. The van der Waals surface area contributed by atoms with E-state index < -0.39 is 29.3 Å². The molecule has 2 heterocycles. The van der Waals surface area contributed by atoms with Gasteiger partial charge in [0.2, 0.25) is 0 Å². The van der Waals surface area contributed by atoms with E-state index >= 15 is 0 Å². The fourth-order valence-electron chi connectivity index (χ4n) is 5.32. The third kappa shape index (κ3) is 3.60. The van der Waals surface area contributed by atoms with Gasteiger partial charge in [-0.1, -0.05) is 83.1 Å². The fraction of sp³-hybridized carbons (Fsp3) is 0.952. The first kappa shape index (κ1) is 24.2. The second kappa shape index (κ2) is 6.99.